The van der Waals surface area contributed by atoms with Gasteiger partial charge in [-0.1, -0.05) is 62.6 Å². The predicted octanol–water partition coefficient (Wildman–Crippen LogP) is 6.61. The molecule has 1 saturated carbocycles. The maximum atomic E-state index is 13.9. The van der Waals surface area contributed by atoms with Crippen LogP contribution in [0.3, 0.4) is 0 Å². The summed E-state index contributed by atoms with van der Waals surface area (Å²) < 4.78 is 29.1. The number of anilines is 1. The molecular weight excluding hydrogens is 528 g/mol. The topological polar surface area (TPSA) is 83.5 Å². The smallest absolute Gasteiger partial charge is 0.260 e. The van der Waals surface area contributed by atoms with Crippen LogP contribution < -0.4 is 4.90 Å². The number of hydrogen-bond acceptors (Lipinski definition) is 6. The zero-order valence-corrected chi connectivity index (χ0v) is 24.2. The van der Waals surface area contributed by atoms with Crippen molar-refractivity contribution in [3.63, 3.8) is 0 Å². The second kappa shape index (κ2) is 11.5. The van der Waals surface area contributed by atoms with Crippen LogP contribution in [-0.2, 0) is 16.6 Å². The van der Waals surface area contributed by atoms with Crippen molar-refractivity contribution in [2.75, 3.05) is 11.9 Å². The number of benzene rings is 2. The van der Waals surface area contributed by atoms with Crippen LogP contribution in [0.15, 0.2) is 71.8 Å². The van der Waals surface area contributed by atoms with Gasteiger partial charge in [0.1, 0.15) is 0 Å². The van der Waals surface area contributed by atoms with Gasteiger partial charge in [-0.3, -0.25) is 14.7 Å². The average molecular weight is 563 g/mol. The van der Waals surface area contributed by atoms with Crippen LogP contribution in [-0.4, -0.2) is 41.7 Å². The highest BCUT2D eigenvalue weighted by molar-refractivity contribution is 7.89. The lowest BCUT2D eigenvalue weighted by Crippen LogP contribution is -2.38. The molecule has 0 bridgehead atoms. The lowest BCUT2D eigenvalue weighted by atomic mass is 9.96. The van der Waals surface area contributed by atoms with Crippen LogP contribution >= 0.6 is 11.3 Å². The molecule has 2 aromatic heterocycles. The molecule has 2 heterocycles. The Balaban J connectivity index is 1.47. The third-order valence-electron chi connectivity index (χ3n) is 7.45. The maximum absolute atomic E-state index is 13.9. The number of para-hydroxylation sites is 1. The minimum atomic E-state index is -3.64. The molecule has 1 aliphatic carbocycles. The van der Waals surface area contributed by atoms with Gasteiger partial charge >= 0.3 is 0 Å². The standard InChI is InChI=1S/C30H34N4O3S2/c1-21(2)26-13-9-14-27-28(26)32-30(38-27)34(20-23-10-7-8-19-31-23)29(35)22-15-17-25(18-16-22)39(36,37)33(3)24-11-5-4-6-12-24/h7-10,13-19,21,24H,4-6,11-12,20H2,1-3H3. The van der Waals surface area contributed by atoms with E-state index in [0.717, 1.165) is 53.6 Å². The van der Waals surface area contributed by atoms with E-state index in [4.69, 9.17) is 4.98 Å². The Labute approximate surface area is 234 Å². The van der Waals surface area contributed by atoms with Crippen molar-refractivity contribution in [1.82, 2.24) is 14.3 Å². The van der Waals surface area contributed by atoms with Gasteiger partial charge in [-0.05, 0) is 66.8 Å². The van der Waals surface area contributed by atoms with Crippen molar-refractivity contribution in [1.29, 1.82) is 0 Å². The molecule has 5 rings (SSSR count). The van der Waals surface area contributed by atoms with Crippen molar-refractivity contribution in [3.05, 3.63) is 83.7 Å². The SMILES string of the molecule is CC(C)c1cccc2sc(N(Cc3ccccn3)C(=O)c3ccc(S(=O)(=O)N(C)C4CCCCC4)cc3)nc12. The van der Waals surface area contributed by atoms with Crippen molar-refractivity contribution in [3.8, 4) is 0 Å². The van der Waals surface area contributed by atoms with Gasteiger partial charge in [0.05, 0.1) is 27.4 Å². The number of hydrogen-bond donors (Lipinski definition) is 0. The molecule has 0 unspecified atom stereocenters. The summed E-state index contributed by atoms with van der Waals surface area (Å²) in [6.07, 6.45) is 6.73. The van der Waals surface area contributed by atoms with E-state index in [1.807, 2.05) is 30.3 Å². The van der Waals surface area contributed by atoms with Crippen molar-refractivity contribution in [2.45, 2.75) is 69.4 Å². The van der Waals surface area contributed by atoms with Gasteiger partial charge in [0.25, 0.3) is 5.91 Å². The molecule has 7 nitrogen and oxygen atoms in total. The first kappa shape index (κ1) is 27.4. The van der Waals surface area contributed by atoms with Gasteiger partial charge in [-0.2, -0.15) is 4.31 Å². The number of thiazole rings is 1. The number of pyridine rings is 1. The van der Waals surface area contributed by atoms with Crippen LogP contribution in [0.25, 0.3) is 10.2 Å². The molecule has 9 heteroatoms. The van der Waals surface area contributed by atoms with E-state index in [9.17, 15) is 13.2 Å². The first-order valence-electron chi connectivity index (χ1n) is 13.4. The molecule has 4 aromatic rings. The zero-order chi connectivity index (χ0) is 27.6. The summed E-state index contributed by atoms with van der Waals surface area (Å²) in [6, 6.07) is 18.0. The molecule has 1 amide bonds. The lowest BCUT2D eigenvalue weighted by Gasteiger charge is -2.30. The molecule has 0 radical (unpaired) electrons. The molecule has 39 heavy (non-hydrogen) atoms. The van der Waals surface area contributed by atoms with Gasteiger partial charge in [0, 0.05) is 24.8 Å². The Morgan fingerprint density at radius 2 is 1.74 bits per heavy atom. The van der Waals surface area contributed by atoms with E-state index < -0.39 is 10.0 Å². The molecule has 0 N–H and O–H groups in total. The number of carbonyl (C=O) groups is 1. The van der Waals surface area contributed by atoms with Gasteiger partial charge in [-0.25, -0.2) is 13.4 Å². The first-order valence-corrected chi connectivity index (χ1v) is 15.7. The lowest BCUT2D eigenvalue weighted by molar-refractivity contribution is 0.0984. The highest BCUT2D eigenvalue weighted by atomic mass is 32.2. The fourth-order valence-corrected chi connectivity index (χ4v) is 7.57. The van der Waals surface area contributed by atoms with Crippen LogP contribution in [0, 0.1) is 0 Å². The predicted molar refractivity (Wildman–Crippen MR) is 157 cm³/mol. The minimum Gasteiger partial charge on any atom is -0.278 e. The third-order valence-corrected chi connectivity index (χ3v) is 10.4. The fraction of sp³-hybridized carbons (Fsp3) is 0.367. The van der Waals surface area contributed by atoms with E-state index in [-0.39, 0.29) is 23.4 Å². The number of amides is 1. The Morgan fingerprint density at radius 1 is 1.00 bits per heavy atom. The quantitative estimate of drug-likeness (QED) is 0.241. The second-order valence-corrected chi connectivity index (χ2v) is 13.4. The van der Waals surface area contributed by atoms with Crippen molar-refractivity contribution >= 4 is 42.6 Å². The molecule has 204 valence electrons. The van der Waals surface area contributed by atoms with Gasteiger partial charge in [-0.15, -0.1) is 0 Å². The van der Waals surface area contributed by atoms with Gasteiger partial charge in [0.15, 0.2) is 5.13 Å². The first-order chi connectivity index (χ1) is 18.8. The second-order valence-electron chi connectivity index (χ2n) is 10.4. The summed E-state index contributed by atoms with van der Waals surface area (Å²) in [5, 5.41) is 0.586. The Kier molecular flexibility index (Phi) is 8.11. The largest absolute Gasteiger partial charge is 0.278 e. The van der Waals surface area contributed by atoms with Gasteiger partial charge in [0.2, 0.25) is 10.0 Å². The third kappa shape index (κ3) is 5.76. The molecule has 0 aliphatic heterocycles. The average Bonchev–Trinajstić information content (AvgIpc) is 3.40. The van der Waals surface area contributed by atoms with E-state index in [0.29, 0.717) is 16.6 Å². The van der Waals surface area contributed by atoms with E-state index >= 15 is 0 Å². The number of aromatic nitrogens is 2. The Bertz CT molecular complexity index is 1540. The molecular formula is C30H34N4O3S2. The summed E-state index contributed by atoms with van der Waals surface area (Å²) in [6.45, 7) is 4.51. The minimum absolute atomic E-state index is 0.0219. The van der Waals surface area contributed by atoms with E-state index in [1.54, 1.807) is 30.3 Å². The normalized spacial score (nSPS) is 14.8. The fourth-order valence-electron chi connectivity index (χ4n) is 5.15. The molecule has 1 aliphatic rings. The highest BCUT2D eigenvalue weighted by Gasteiger charge is 2.30. The Hall–Kier alpha value is -3.14. The maximum Gasteiger partial charge on any atom is 0.260 e. The number of sulfonamides is 1. The number of carbonyl (C=O) groups excluding carboxylic acids is 1. The van der Waals surface area contributed by atoms with Crippen molar-refractivity contribution < 1.29 is 13.2 Å². The monoisotopic (exact) mass is 562 g/mol. The van der Waals surface area contributed by atoms with Crippen LogP contribution in [0.2, 0.25) is 0 Å². The Morgan fingerprint density at radius 3 is 2.41 bits per heavy atom. The molecule has 0 spiro atoms. The van der Waals surface area contributed by atoms with E-state index in [2.05, 4.69) is 24.9 Å². The summed E-state index contributed by atoms with van der Waals surface area (Å²) in [7, 11) is -1.98. The summed E-state index contributed by atoms with van der Waals surface area (Å²) in [5.74, 6) is 0.0419. The number of nitrogens with zero attached hydrogens (tertiary/aromatic N) is 4. The summed E-state index contributed by atoms with van der Waals surface area (Å²) >= 11 is 1.47. The van der Waals surface area contributed by atoms with Gasteiger partial charge < -0.3 is 0 Å². The summed E-state index contributed by atoms with van der Waals surface area (Å²) in [4.78, 5) is 25.1. The van der Waals surface area contributed by atoms with Crippen LogP contribution in [0.1, 0.15) is 73.5 Å². The molecule has 2 aromatic carbocycles. The zero-order valence-electron chi connectivity index (χ0n) is 22.6. The van der Waals surface area contributed by atoms with Crippen LogP contribution in [0.5, 0.6) is 0 Å². The summed E-state index contributed by atoms with van der Waals surface area (Å²) in [5.41, 5.74) is 3.17. The highest BCUT2D eigenvalue weighted by Crippen LogP contribution is 2.35. The number of fused-ring (bicyclic) bond motifs is 1. The molecule has 0 saturated heterocycles. The van der Waals surface area contributed by atoms with Crippen molar-refractivity contribution in [2.24, 2.45) is 0 Å². The molecule has 0 atom stereocenters. The van der Waals surface area contributed by atoms with E-state index in [1.165, 1.54) is 27.8 Å². The number of rotatable bonds is 8. The molecule has 1 fully saturated rings. The van der Waals surface area contributed by atoms with Crippen LogP contribution in [0.4, 0.5) is 5.13 Å².